The van der Waals surface area contributed by atoms with Crippen LogP contribution in [0.15, 0.2) is 48.5 Å². The second-order valence-electron chi connectivity index (χ2n) is 4.72. The van der Waals surface area contributed by atoms with Crippen LogP contribution in [0, 0.1) is 5.82 Å². The van der Waals surface area contributed by atoms with Crippen LogP contribution < -0.4 is 0 Å². The molecular weight excluding hydrogens is 307 g/mol. The second-order valence-corrected chi connectivity index (χ2v) is 5.16. The molecule has 0 heterocycles. The highest BCUT2D eigenvalue weighted by Gasteiger charge is 2.10. The molecule has 0 aliphatic heterocycles. The fourth-order valence-electron chi connectivity index (χ4n) is 1.86. The zero-order valence-corrected chi connectivity index (χ0v) is 12.5. The monoisotopic (exact) mass is 320 g/mol. The summed E-state index contributed by atoms with van der Waals surface area (Å²) in [4.78, 5) is 23.5. The highest BCUT2D eigenvalue weighted by Crippen LogP contribution is 2.12. The normalized spacial score (nSPS) is 10.3. The molecule has 0 aliphatic rings. The van der Waals surface area contributed by atoms with Gasteiger partial charge in [0.25, 0.3) is 0 Å². The first-order valence-corrected chi connectivity index (χ1v) is 7.11. The molecule has 0 unspecified atom stereocenters. The van der Waals surface area contributed by atoms with Crippen molar-refractivity contribution in [2.24, 2.45) is 0 Å². The largest absolute Gasteiger partial charge is 0.461 e. The number of rotatable bonds is 6. The van der Waals surface area contributed by atoms with Crippen molar-refractivity contribution in [3.05, 3.63) is 70.5 Å². The minimum Gasteiger partial charge on any atom is -0.461 e. The maximum absolute atomic E-state index is 12.8. The fraction of sp³-hybridized carbons (Fsp3) is 0.176. The summed E-state index contributed by atoms with van der Waals surface area (Å²) in [6.07, 6.45) is 0.0107. The Labute approximate surface area is 132 Å². The van der Waals surface area contributed by atoms with Gasteiger partial charge in [-0.25, -0.2) is 4.39 Å². The average Bonchev–Trinajstić information content (AvgIpc) is 2.51. The number of hydrogen-bond acceptors (Lipinski definition) is 3. The third-order valence-electron chi connectivity index (χ3n) is 3.01. The van der Waals surface area contributed by atoms with E-state index in [1.165, 1.54) is 24.3 Å². The fourth-order valence-corrected chi connectivity index (χ4v) is 2.07. The predicted molar refractivity (Wildman–Crippen MR) is 81.2 cm³/mol. The highest BCUT2D eigenvalue weighted by molar-refractivity contribution is 6.30. The highest BCUT2D eigenvalue weighted by atomic mass is 35.5. The van der Waals surface area contributed by atoms with Gasteiger partial charge in [0.2, 0.25) is 0 Å². The number of carbonyl (C=O) groups is 2. The van der Waals surface area contributed by atoms with Crippen molar-refractivity contribution in [2.45, 2.75) is 19.4 Å². The van der Waals surface area contributed by atoms with Gasteiger partial charge in [-0.3, -0.25) is 9.59 Å². The Kier molecular flexibility index (Phi) is 5.67. The first-order valence-electron chi connectivity index (χ1n) is 6.73. The molecule has 0 saturated heterocycles. The van der Waals surface area contributed by atoms with Crippen LogP contribution in [0.25, 0.3) is 0 Å². The topological polar surface area (TPSA) is 43.4 Å². The molecule has 2 aromatic carbocycles. The number of esters is 1. The summed E-state index contributed by atoms with van der Waals surface area (Å²) in [5, 5.41) is 0.569. The van der Waals surface area contributed by atoms with Crippen molar-refractivity contribution in [1.29, 1.82) is 0 Å². The van der Waals surface area contributed by atoms with Gasteiger partial charge in [-0.15, -0.1) is 0 Å². The molecule has 0 bridgehead atoms. The standard InChI is InChI=1S/C17H14ClFO3/c18-14-3-1-2-12(10-14)11-22-17(21)9-8-16(20)13-4-6-15(19)7-5-13/h1-7,10H,8-9,11H2. The number of Topliss-reactive ketones (excluding diaryl/α,β-unsaturated/α-hetero) is 1. The minimum absolute atomic E-state index is 0.0171. The Morgan fingerprint density at radius 2 is 1.77 bits per heavy atom. The molecular formula is C17H14ClFO3. The Morgan fingerprint density at radius 1 is 1.05 bits per heavy atom. The van der Waals surface area contributed by atoms with Crippen LogP contribution in [0.5, 0.6) is 0 Å². The van der Waals surface area contributed by atoms with Crippen molar-refractivity contribution in [3.8, 4) is 0 Å². The summed E-state index contributed by atoms with van der Waals surface area (Å²) in [6, 6.07) is 12.2. The van der Waals surface area contributed by atoms with Crippen LogP contribution in [0.2, 0.25) is 5.02 Å². The lowest BCUT2D eigenvalue weighted by Gasteiger charge is -2.05. The number of ketones is 1. The van der Waals surface area contributed by atoms with Crippen LogP contribution in [0.3, 0.4) is 0 Å². The summed E-state index contributed by atoms with van der Waals surface area (Å²) in [7, 11) is 0. The van der Waals surface area contributed by atoms with E-state index in [-0.39, 0.29) is 25.2 Å². The zero-order valence-electron chi connectivity index (χ0n) is 11.7. The molecule has 0 aromatic heterocycles. The Balaban J connectivity index is 1.78. The molecule has 2 aromatic rings. The van der Waals surface area contributed by atoms with E-state index < -0.39 is 11.8 Å². The summed E-state index contributed by atoms with van der Waals surface area (Å²) < 4.78 is 17.8. The lowest BCUT2D eigenvalue weighted by molar-refractivity contribution is -0.144. The van der Waals surface area contributed by atoms with Crippen LogP contribution in [-0.2, 0) is 16.1 Å². The predicted octanol–water partition coefficient (Wildman–Crippen LogP) is 4.19. The number of halogens is 2. The lowest BCUT2D eigenvalue weighted by Crippen LogP contribution is -2.08. The van der Waals surface area contributed by atoms with Crippen molar-refractivity contribution in [3.63, 3.8) is 0 Å². The van der Waals surface area contributed by atoms with E-state index in [2.05, 4.69) is 0 Å². The second kappa shape index (κ2) is 7.71. The van der Waals surface area contributed by atoms with Gasteiger partial charge in [0, 0.05) is 17.0 Å². The van der Waals surface area contributed by atoms with Crippen LogP contribution in [0.4, 0.5) is 4.39 Å². The van der Waals surface area contributed by atoms with Crippen LogP contribution >= 0.6 is 11.6 Å². The molecule has 2 rings (SSSR count). The van der Waals surface area contributed by atoms with E-state index in [1.807, 2.05) is 0 Å². The summed E-state index contributed by atoms with van der Waals surface area (Å²) in [6.45, 7) is 0.115. The van der Waals surface area contributed by atoms with Gasteiger partial charge in [-0.05, 0) is 42.0 Å². The molecule has 0 radical (unpaired) electrons. The molecule has 0 spiro atoms. The molecule has 22 heavy (non-hydrogen) atoms. The van der Waals surface area contributed by atoms with E-state index >= 15 is 0 Å². The van der Waals surface area contributed by atoms with Crippen molar-refractivity contribution in [1.82, 2.24) is 0 Å². The molecule has 0 aliphatic carbocycles. The van der Waals surface area contributed by atoms with E-state index in [0.717, 1.165) is 5.56 Å². The molecule has 0 N–H and O–H groups in total. The Hall–Kier alpha value is -2.20. The van der Waals surface area contributed by atoms with E-state index in [1.54, 1.807) is 24.3 Å². The Morgan fingerprint density at radius 3 is 2.45 bits per heavy atom. The molecule has 3 nitrogen and oxygen atoms in total. The van der Waals surface area contributed by atoms with Crippen molar-refractivity contribution in [2.75, 3.05) is 0 Å². The minimum atomic E-state index is -0.463. The van der Waals surface area contributed by atoms with Crippen molar-refractivity contribution < 1.29 is 18.7 Å². The van der Waals surface area contributed by atoms with Gasteiger partial charge in [0.1, 0.15) is 12.4 Å². The summed E-state index contributed by atoms with van der Waals surface area (Å²) in [5.74, 6) is -1.09. The van der Waals surface area contributed by atoms with Gasteiger partial charge in [0.05, 0.1) is 6.42 Å². The number of benzene rings is 2. The van der Waals surface area contributed by atoms with Gasteiger partial charge in [-0.2, -0.15) is 0 Å². The van der Waals surface area contributed by atoms with Crippen molar-refractivity contribution >= 4 is 23.4 Å². The first-order chi connectivity index (χ1) is 10.5. The van der Waals surface area contributed by atoms with E-state index in [4.69, 9.17) is 16.3 Å². The van der Waals surface area contributed by atoms with Gasteiger partial charge >= 0.3 is 5.97 Å². The van der Waals surface area contributed by atoms with Gasteiger partial charge < -0.3 is 4.74 Å². The molecule has 0 fully saturated rings. The van der Waals surface area contributed by atoms with E-state index in [0.29, 0.717) is 10.6 Å². The number of carbonyl (C=O) groups excluding carboxylic acids is 2. The maximum Gasteiger partial charge on any atom is 0.306 e. The summed E-state index contributed by atoms with van der Waals surface area (Å²) >= 11 is 5.83. The van der Waals surface area contributed by atoms with Crippen LogP contribution in [-0.4, -0.2) is 11.8 Å². The third kappa shape index (κ3) is 4.97. The van der Waals surface area contributed by atoms with Crippen LogP contribution in [0.1, 0.15) is 28.8 Å². The molecule has 114 valence electrons. The first kappa shape index (κ1) is 16.2. The Bertz CT molecular complexity index is 668. The quantitative estimate of drug-likeness (QED) is 0.592. The molecule has 0 amide bonds. The summed E-state index contributed by atoms with van der Waals surface area (Å²) in [5.41, 5.74) is 1.16. The van der Waals surface area contributed by atoms with Gasteiger partial charge in [-0.1, -0.05) is 23.7 Å². The smallest absolute Gasteiger partial charge is 0.306 e. The van der Waals surface area contributed by atoms with E-state index in [9.17, 15) is 14.0 Å². The number of ether oxygens (including phenoxy) is 1. The molecule has 0 atom stereocenters. The van der Waals surface area contributed by atoms with Gasteiger partial charge in [0.15, 0.2) is 5.78 Å². The third-order valence-corrected chi connectivity index (χ3v) is 3.25. The maximum atomic E-state index is 12.8. The zero-order chi connectivity index (χ0) is 15.9. The molecule has 5 heteroatoms. The SMILES string of the molecule is O=C(CCC(=O)c1ccc(F)cc1)OCc1cccc(Cl)c1. The lowest BCUT2D eigenvalue weighted by atomic mass is 10.1. The molecule has 0 saturated carbocycles. The average molecular weight is 321 g/mol. The number of hydrogen-bond donors (Lipinski definition) is 0.